The molecule has 2 N–H and O–H groups in total. The molecule has 3 heterocycles. The number of nitrogens with zero attached hydrogens (tertiary/aromatic N) is 1. The van der Waals surface area contributed by atoms with Crippen molar-refractivity contribution in [1.29, 1.82) is 0 Å². The number of piperidine rings is 1. The van der Waals surface area contributed by atoms with E-state index in [-0.39, 0.29) is 23.9 Å². The molecule has 0 bridgehead atoms. The quantitative estimate of drug-likeness (QED) is 0.650. The van der Waals surface area contributed by atoms with Crippen molar-refractivity contribution in [2.24, 2.45) is 17.0 Å². The fraction of sp³-hybridized carbons (Fsp3) is 0.400. The van der Waals surface area contributed by atoms with Crippen LogP contribution in [0.25, 0.3) is 0 Å². The van der Waals surface area contributed by atoms with E-state index >= 15 is 0 Å². The third-order valence-corrected chi connectivity index (χ3v) is 4.11. The molecule has 1 fully saturated rings. The normalized spacial score (nSPS) is 30.4. The van der Waals surface area contributed by atoms with Crippen LogP contribution in [0.2, 0.25) is 0 Å². The molecule has 1 aliphatic rings. The molecule has 0 radical (unpaired) electrons. The zero-order valence-electron chi connectivity index (χ0n) is 11.5. The second-order valence-corrected chi connectivity index (χ2v) is 5.26. The summed E-state index contributed by atoms with van der Waals surface area (Å²) in [6, 6.07) is 7.50. The highest BCUT2D eigenvalue weighted by atomic mass is 16.4. The van der Waals surface area contributed by atoms with Crippen molar-refractivity contribution in [2.75, 3.05) is 0 Å². The highest BCUT2D eigenvalue weighted by molar-refractivity contribution is 5.90. The van der Waals surface area contributed by atoms with E-state index in [2.05, 4.69) is 10.5 Å². The summed E-state index contributed by atoms with van der Waals surface area (Å²) >= 11 is 0. The van der Waals surface area contributed by atoms with Crippen LogP contribution in [0, 0.1) is 11.8 Å². The first-order chi connectivity index (χ1) is 9.72. The highest BCUT2D eigenvalue weighted by Gasteiger charge is 2.41. The van der Waals surface area contributed by atoms with Gasteiger partial charge in [0.05, 0.1) is 30.3 Å². The molecule has 3 rings (SSSR count). The van der Waals surface area contributed by atoms with Crippen molar-refractivity contribution in [3.63, 3.8) is 0 Å². The van der Waals surface area contributed by atoms with Crippen LogP contribution in [-0.4, -0.2) is 10.9 Å². The monoisotopic (exact) mass is 274 g/mol. The Balaban J connectivity index is 1.97. The Morgan fingerprint density at radius 2 is 1.50 bits per heavy atom. The zero-order chi connectivity index (χ0) is 14.1. The van der Waals surface area contributed by atoms with Crippen molar-refractivity contribution in [3.8, 4) is 0 Å². The van der Waals surface area contributed by atoms with Crippen molar-refractivity contribution in [2.45, 2.75) is 25.9 Å². The fourth-order valence-electron chi connectivity index (χ4n) is 3.01. The largest absolute Gasteiger partial charge is 0.468 e. The topological polar surface area (TPSA) is 70.9 Å². The van der Waals surface area contributed by atoms with Gasteiger partial charge < -0.3 is 14.0 Å². The molecular formula is C15H18N2O3. The van der Waals surface area contributed by atoms with Gasteiger partial charge in [0.1, 0.15) is 11.5 Å². The van der Waals surface area contributed by atoms with E-state index in [4.69, 9.17) is 8.83 Å². The number of hydrogen-bond acceptors (Lipinski definition) is 5. The predicted octanol–water partition coefficient (Wildman–Crippen LogP) is 3.36. The standard InChI is InChI=1S/C15H18N2O3/c1-9-13(17-18)10(2)15(12-6-4-8-20-12)16-14(9)11-5-3-7-19-11/h3-10,14-16,18H,1-2H3/t9-,10-,14+,15+/m1/s1. The molecule has 1 aliphatic heterocycles. The van der Waals surface area contributed by atoms with Gasteiger partial charge in [0.15, 0.2) is 0 Å². The molecular weight excluding hydrogens is 256 g/mol. The fourth-order valence-corrected chi connectivity index (χ4v) is 3.01. The Morgan fingerprint density at radius 1 is 1.00 bits per heavy atom. The zero-order valence-corrected chi connectivity index (χ0v) is 11.5. The smallest absolute Gasteiger partial charge is 0.121 e. The summed E-state index contributed by atoms with van der Waals surface area (Å²) in [6.45, 7) is 4.06. The van der Waals surface area contributed by atoms with Gasteiger partial charge in [0, 0.05) is 11.8 Å². The van der Waals surface area contributed by atoms with E-state index in [1.54, 1.807) is 12.5 Å². The molecule has 4 atom stereocenters. The van der Waals surface area contributed by atoms with Crippen molar-refractivity contribution in [1.82, 2.24) is 5.32 Å². The SMILES string of the molecule is C[C@@H]1C(=NO)[C@@H](C)[C@@H](c2ccco2)N[C@@H]1c1ccco1. The summed E-state index contributed by atoms with van der Waals surface area (Å²) in [4.78, 5) is 0. The Morgan fingerprint density at radius 3 is 1.85 bits per heavy atom. The lowest BCUT2D eigenvalue weighted by molar-refractivity contribution is 0.236. The van der Waals surface area contributed by atoms with Gasteiger partial charge in [-0.1, -0.05) is 19.0 Å². The average molecular weight is 274 g/mol. The minimum atomic E-state index is -0.0396. The number of oxime groups is 1. The molecule has 0 amide bonds. The third kappa shape index (κ3) is 2.04. The Hall–Kier alpha value is -2.01. The molecule has 2 aromatic heterocycles. The van der Waals surface area contributed by atoms with Gasteiger partial charge in [-0.3, -0.25) is 5.32 Å². The van der Waals surface area contributed by atoms with Crippen LogP contribution in [0.3, 0.4) is 0 Å². The van der Waals surface area contributed by atoms with Crippen LogP contribution in [-0.2, 0) is 0 Å². The van der Waals surface area contributed by atoms with Crippen molar-refractivity contribution < 1.29 is 14.0 Å². The molecule has 2 aromatic rings. The molecule has 0 spiro atoms. The summed E-state index contributed by atoms with van der Waals surface area (Å²) in [5, 5.41) is 16.4. The van der Waals surface area contributed by atoms with Crippen LogP contribution in [0.4, 0.5) is 0 Å². The summed E-state index contributed by atoms with van der Waals surface area (Å²) in [6.07, 6.45) is 3.30. The summed E-state index contributed by atoms with van der Waals surface area (Å²) in [5.41, 5.74) is 0.756. The number of rotatable bonds is 2. The Kier molecular flexibility index (Phi) is 3.36. The molecule has 0 saturated carbocycles. The first-order valence-corrected chi connectivity index (χ1v) is 6.77. The number of hydrogen-bond donors (Lipinski definition) is 2. The van der Waals surface area contributed by atoms with Gasteiger partial charge in [-0.25, -0.2) is 0 Å². The van der Waals surface area contributed by atoms with Crippen LogP contribution in [0.1, 0.15) is 37.5 Å². The van der Waals surface area contributed by atoms with Gasteiger partial charge in [0.25, 0.3) is 0 Å². The van der Waals surface area contributed by atoms with Crippen molar-refractivity contribution in [3.05, 3.63) is 48.3 Å². The van der Waals surface area contributed by atoms with Gasteiger partial charge in [0.2, 0.25) is 0 Å². The second-order valence-electron chi connectivity index (χ2n) is 5.26. The molecule has 0 unspecified atom stereocenters. The average Bonchev–Trinajstić information content (AvgIpc) is 3.12. The second kappa shape index (κ2) is 5.17. The molecule has 20 heavy (non-hydrogen) atoms. The lowest BCUT2D eigenvalue weighted by Crippen LogP contribution is -2.46. The summed E-state index contributed by atoms with van der Waals surface area (Å²) in [7, 11) is 0. The number of nitrogens with one attached hydrogen (secondary N) is 1. The summed E-state index contributed by atoms with van der Waals surface area (Å²) in [5.74, 6) is 1.77. The van der Waals surface area contributed by atoms with Crippen molar-refractivity contribution >= 4 is 5.71 Å². The highest BCUT2D eigenvalue weighted by Crippen LogP contribution is 2.38. The molecule has 0 aromatic carbocycles. The first kappa shape index (κ1) is 13.0. The van der Waals surface area contributed by atoms with Gasteiger partial charge in [-0.2, -0.15) is 0 Å². The molecule has 1 saturated heterocycles. The van der Waals surface area contributed by atoms with E-state index in [9.17, 15) is 5.21 Å². The minimum Gasteiger partial charge on any atom is -0.468 e. The minimum absolute atomic E-state index is 0.0396. The van der Waals surface area contributed by atoms with Gasteiger partial charge in [-0.05, 0) is 24.3 Å². The van der Waals surface area contributed by atoms with E-state index in [0.29, 0.717) is 0 Å². The molecule has 5 heteroatoms. The van der Waals surface area contributed by atoms with E-state index in [1.165, 1.54) is 0 Å². The molecule has 5 nitrogen and oxygen atoms in total. The van der Waals surface area contributed by atoms with Crippen LogP contribution >= 0.6 is 0 Å². The lowest BCUT2D eigenvalue weighted by Gasteiger charge is -2.38. The van der Waals surface area contributed by atoms with Gasteiger partial charge >= 0.3 is 0 Å². The molecule has 106 valence electrons. The van der Waals surface area contributed by atoms with Crippen LogP contribution < -0.4 is 5.32 Å². The van der Waals surface area contributed by atoms with Crippen LogP contribution in [0.5, 0.6) is 0 Å². The maximum absolute atomic E-state index is 9.36. The molecule has 0 aliphatic carbocycles. The maximum atomic E-state index is 9.36. The van der Waals surface area contributed by atoms with E-state index < -0.39 is 0 Å². The summed E-state index contributed by atoms with van der Waals surface area (Å²) < 4.78 is 11.0. The lowest BCUT2D eigenvalue weighted by atomic mass is 9.78. The first-order valence-electron chi connectivity index (χ1n) is 6.77. The van der Waals surface area contributed by atoms with Crippen LogP contribution in [0.15, 0.2) is 50.8 Å². The third-order valence-electron chi connectivity index (χ3n) is 4.11. The predicted molar refractivity (Wildman–Crippen MR) is 73.6 cm³/mol. The maximum Gasteiger partial charge on any atom is 0.121 e. The van der Waals surface area contributed by atoms with E-state index in [0.717, 1.165) is 17.2 Å². The van der Waals surface area contributed by atoms with Gasteiger partial charge in [-0.15, -0.1) is 0 Å². The Bertz CT molecular complexity index is 526. The number of furan rings is 2. The van der Waals surface area contributed by atoms with E-state index in [1.807, 2.05) is 38.1 Å². The Labute approximate surface area is 117 Å².